The van der Waals surface area contributed by atoms with Crippen molar-refractivity contribution < 1.29 is 13.2 Å². The van der Waals surface area contributed by atoms with Gasteiger partial charge in [-0.05, 0) is 18.8 Å². The van der Waals surface area contributed by atoms with Gasteiger partial charge >= 0.3 is 0 Å². The van der Waals surface area contributed by atoms with Crippen LogP contribution < -0.4 is 5.32 Å². The molecule has 1 N–H and O–H groups in total. The Labute approximate surface area is 109 Å². The molecular weight excluding hydrogens is 252 g/mol. The van der Waals surface area contributed by atoms with Crippen molar-refractivity contribution in [2.24, 2.45) is 5.92 Å². The van der Waals surface area contributed by atoms with E-state index < -0.39 is 9.84 Å². The molecule has 2 aliphatic heterocycles. The summed E-state index contributed by atoms with van der Waals surface area (Å²) in [6, 6.07) is -0.304. The number of nitrogens with one attached hydrogen (secondary N) is 1. The fourth-order valence-electron chi connectivity index (χ4n) is 2.89. The van der Waals surface area contributed by atoms with Crippen molar-refractivity contribution in [3.63, 3.8) is 0 Å². The molecule has 5 nitrogen and oxygen atoms in total. The summed E-state index contributed by atoms with van der Waals surface area (Å²) in [6.45, 7) is 6.04. The van der Waals surface area contributed by atoms with Crippen LogP contribution in [0.1, 0.15) is 33.6 Å². The monoisotopic (exact) mass is 274 g/mol. The standard InChI is InChI=1S/C12H22N2O3S/c1-4-10-13-11(8(2)3)12(15)14(10)9-5-6-18(16,17)7-9/h8-11,13H,4-7H2,1-3H3. The molecule has 0 radical (unpaired) electrons. The minimum absolute atomic E-state index is 0.0109. The maximum atomic E-state index is 12.4. The maximum absolute atomic E-state index is 12.4. The highest BCUT2D eigenvalue weighted by molar-refractivity contribution is 7.91. The van der Waals surface area contributed by atoms with Gasteiger partial charge in [0.15, 0.2) is 9.84 Å². The number of nitrogens with zero attached hydrogens (tertiary/aromatic N) is 1. The lowest BCUT2D eigenvalue weighted by Gasteiger charge is -2.28. The minimum Gasteiger partial charge on any atom is -0.322 e. The lowest BCUT2D eigenvalue weighted by atomic mass is 10.0. The fraction of sp³-hybridized carbons (Fsp3) is 0.917. The van der Waals surface area contributed by atoms with E-state index in [1.807, 2.05) is 20.8 Å². The van der Waals surface area contributed by atoms with E-state index in [4.69, 9.17) is 0 Å². The summed E-state index contributed by atoms with van der Waals surface area (Å²) >= 11 is 0. The molecule has 0 aromatic carbocycles. The quantitative estimate of drug-likeness (QED) is 0.807. The van der Waals surface area contributed by atoms with Crippen LogP contribution in [-0.2, 0) is 14.6 Å². The van der Waals surface area contributed by atoms with E-state index >= 15 is 0 Å². The van der Waals surface area contributed by atoms with Crippen LogP contribution >= 0.6 is 0 Å². The number of hydrogen-bond donors (Lipinski definition) is 1. The van der Waals surface area contributed by atoms with E-state index in [9.17, 15) is 13.2 Å². The third-order valence-electron chi connectivity index (χ3n) is 3.88. The van der Waals surface area contributed by atoms with Crippen LogP contribution in [0.4, 0.5) is 0 Å². The first-order chi connectivity index (χ1) is 8.35. The Bertz CT molecular complexity index is 433. The first-order valence-electron chi connectivity index (χ1n) is 6.64. The summed E-state index contributed by atoms with van der Waals surface area (Å²) < 4.78 is 23.1. The predicted octanol–water partition coefficient (Wildman–Crippen LogP) is 0.366. The van der Waals surface area contributed by atoms with Crippen molar-refractivity contribution >= 4 is 15.7 Å². The van der Waals surface area contributed by atoms with Crippen molar-refractivity contribution in [1.82, 2.24) is 10.2 Å². The topological polar surface area (TPSA) is 66.5 Å². The van der Waals surface area contributed by atoms with Crippen molar-refractivity contribution in [3.05, 3.63) is 0 Å². The van der Waals surface area contributed by atoms with Crippen LogP contribution in [-0.4, -0.2) is 49.0 Å². The molecule has 0 spiro atoms. The summed E-state index contributed by atoms with van der Waals surface area (Å²) in [5.74, 6) is 0.639. The number of carbonyl (C=O) groups excluding carboxylic acids is 1. The average molecular weight is 274 g/mol. The van der Waals surface area contributed by atoms with Gasteiger partial charge in [-0.1, -0.05) is 20.8 Å². The van der Waals surface area contributed by atoms with Crippen molar-refractivity contribution in [1.29, 1.82) is 0 Å². The summed E-state index contributed by atoms with van der Waals surface area (Å²) in [5, 5.41) is 3.33. The zero-order valence-electron chi connectivity index (χ0n) is 11.2. The largest absolute Gasteiger partial charge is 0.322 e. The smallest absolute Gasteiger partial charge is 0.241 e. The molecule has 0 saturated carbocycles. The molecule has 2 fully saturated rings. The molecule has 2 rings (SSSR count). The van der Waals surface area contributed by atoms with Gasteiger partial charge in [-0.25, -0.2) is 8.42 Å². The van der Waals surface area contributed by atoms with Crippen molar-refractivity contribution in [2.75, 3.05) is 11.5 Å². The molecule has 104 valence electrons. The molecule has 3 atom stereocenters. The Hall–Kier alpha value is -0.620. The van der Waals surface area contributed by atoms with Gasteiger partial charge in [-0.2, -0.15) is 0 Å². The van der Waals surface area contributed by atoms with Gasteiger partial charge in [0, 0.05) is 6.04 Å². The number of carbonyl (C=O) groups is 1. The Morgan fingerprint density at radius 3 is 2.56 bits per heavy atom. The van der Waals surface area contributed by atoms with Crippen LogP contribution in [0.15, 0.2) is 0 Å². The van der Waals surface area contributed by atoms with Crippen LogP contribution in [0.3, 0.4) is 0 Å². The van der Waals surface area contributed by atoms with Gasteiger partial charge in [-0.3, -0.25) is 10.1 Å². The molecule has 18 heavy (non-hydrogen) atoms. The highest BCUT2D eigenvalue weighted by atomic mass is 32.2. The summed E-state index contributed by atoms with van der Waals surface area (Å²) in [5.41, 5.74) is 0. The van der Waals surface area contributed by atoms with Crippen LogP contribution in [0.2, 0.25) is 0 Å². The minimum atomic E-state index is -2.95. The van der Waals surface area contributed by atoms with Crippen LogP contribution in [0.25, 0.3) is 0 Å². The number of sulfone groups is 1. The van der Waals surface area contributed by atoms with Gasteiger partial charge in [0.05, 0.1) is 23.7 Å². The van der Waals surface area contributed by atoms with E-state index in [1.165, 1.54) is 0 Å². The Morgan fingerprint density at radius 1 is 1.44 bits per heavy atom. The highest BCUT2D eigenvalue weighted by Gasteiger charge is 2.45. The normalized spacial score (nSPS) is 35.7. The maximum Gasteiger partial charge on any atom is 0.241 e. The van der Waals surface area contributed by atoms with Crippen molar-refractivity contribution in [2.45, 2.75) is 51.9 Å². The Morgan fingerprint density at radius 2 is 2.11 bits per heavy atom. The van der Waals surface area contributed by atoms with E-state index in [1.54, 1.807) is 4.90 Å². The summed E-state index contributed by atoms with van der Waals surface area (Å²) in [7, 11) is -2.95. The predicted molar refractivity (Wildman–Crippen MR) is 69.7 cm³/mol. The third kappa shape index (κ3) is 2.40. The molecule has 0 bridgehead atoms. The lowest BCUT2D eigenvalue weighted by molar-refractivity contribution is -0.132. The van der Waals surface area contributed by atoms with Gasteiger partial charge < -0.3 is 4.90 Å². The SMILES string of the molecule is CCC1NC(C(C)C)C(=O)N1C1CCS(=O)(=O)C1. The first-order valence-corrected chi connectivity index (χ1v) is 8.46. The molecule has 3 unspecified atom stereocenters. The molecule has 0 aromatic heterocycles. The zero-order chi connectivity index (χ0) is 13.5. The van der Waals surface area contributed by atoms with Gasteiger partial charge in [0.25, 0.3) is 0 Å². The van der Waals surface area contributed by atoms with E-state index in [0.717, 1.165) is 6.42 Å². The second-order valence-electron chi connectivity index (χ2n) is 5.61. The molecule has 2 saturated heterocycles. The van der Waals surface area contributed by atoms with Gasteiger partial charge in [-0.15, -0.1) is 0 Å². The number of amides is 1. The van der Waals surface area contributed by atoms with Crippen molar-refractivity contribution in [3.8, 4) is 0 Å². The van der Waals surface area contributed by atoms with Crippen LogP contribution in [0.5, 0.6) is 0 Å². The molecule has 2 heterocycles. The second kappa shape index (κ2) is 4.81. The molecular formula is C12H22N2O3S. The van der Waals surface area contributed by atoms with E-state index in [-0.39, 0.29) is 41.6 Å². The molecule has 1 amide bonds. The second-order valence-corrected chi connectivity index (χ2v) is 7.84. The lowest BCUT2D eigenvalue weighted by Crippen LogP contribution is -2.45. The molecule has 6 heteroatoms. The fourth-order valence-corrected chi connectivity index (χ4v) is 4.61. The number of hydrogen-bond acceptors (Lipinski definition) is 4. The van der Waals surface area contributed by atoms with Gasteiger partial charge in [0.2, 0.25) is 5.91 Å². The third-order valence-corrected chi connectivity index (χ3v) is 5.63. The first kappa shape index (κ1) is 13.8. The van der Waals surface area contributed by atoms with E-state index in [0.29, 0.717) is 6.42 Å². The summed E-state index contributed by atoms with van der Waals surface area (Å²) in [6.07, 6.45) is 1.38. The number of rotatable bonds is 3. The highest BCUT2D eigenvalue weighted by Crippen LogP contribution is 2.26. The Balaban J connectivity index is 2.18. The average Bonchev–Trinajstić information content (AvgIpc) is 2.78. The van der Waals surface area contributed by atoms with Crippen LogP contribution in [0, 0.1) is 5.92 Å². The molecule has 2 aliphatic rings. The zero-order valence-corrected chi connectivity index (χ0v) is 12.0. The van der Waals surface area contributed by atoms with Gasteiger partial charge in [0.1, 0.15) is 0 Å². The molecule has 0 aliphatic carbocycles. The molecule has 0 aromatic rings. The van der Waals surface area contributed by atoms with E-state index in [2.05, 4.69) is 5.32 Å². The Kier molecular flexibility index (Phi) is 3.69. The summed E-state index contributed by atoms with van der Waals surface area (Å²) in [4.78, 5) is 14.2.